The largest absolute Gasteiger partial charge is 0.484 e. The van der Waals surface area contributed by atoms with E-state index in [1.54, 1.807) is 12.1 Å². The summed E-state index contributed by atoms with van der Waals surface area (Å²) >= 11 is 0. The van der Waals surface area contributed by atoms with E-state index in [0.717, 1.165) is 22.4 Å². The smallest absolute Gasteiger partial charge is 0.258 e. The summed E-state index contributed by atoms with van der Waals surface area (Å²) in [5.41, 5.74) is 3.84. The molecule has 0 saturated carbocycles. The molecule has 1 unspecified atom stereocenters. The van der Waals surface area contributed by atoms with Gasteiger partial charge < -0.3 is 15.4 Å². The van der Waals surface area contributed by atoms with Gasteiger partial charge in [-0.25, -0.2) is 0 Å². The van der Waals surface area contributed by atoms with Crippen LogP contribution in [-0.2, 0) is 22.4 Å². The summed E-state index contributed by atoms with van der Waals surface area (Å²) in [5, 5.41) is 5.88. The molecule has 0 fully saturated rings. The maximum atomic E-state index is 13.4. The quantitative estimate of drug-likeness (QED) is 0.346. The van der Waals surface area contributed by atoms with E-state index in [2.05, 4.69) is 22.8 Å². The molecule has 0 radical (unpaired) electrons. The molecule has 35 heavy (non-hydrogen) atoms. The fourth-order valence-corrected chi connectivity index (χ4v) is 3.79. The van der Waals surface area contributed by atoms with Crippen molar-refractivity contribution in [2.45, 2.75) is 18.9 Å². The molecule has 176 valence electrons. The Labute approximate surface area is 205 Å². The van der Waals surface area contributed by atoms with Crippen molar-refractivity contribution < 1.29 is 14.3 Å². The molecule has 0 aromatic heterocycles. The van der Waals surface area contributed by atoms with Crippen molar-refractivity contribution in [2.75, 3.05) is 11.9 Å². The standard InChI is InChI=1S/C30H28N2O3/c33-29(22-35-26-17-8-3-9-18-26)31-28(21-24-14-6-2-7-15-24)30(34)32-27-19-11-10-16-25(27)20-23-12-4-1-5-13-23/h1-19,28H,20-22H2,(H,31,33)(H,32,34). The summed E-state index contributed by atoms with van der Waals surface area (Å²) in [6.45, 7) is -0.173. The number of anilines is 1. The van der Waals surface area contributed by atoms with Crippen LogP contribution < -0.4 is 15.4 Å². The second-order valence-corrected chi connectivity index (χ2v) is 8.22. The molecule has 2 amide bonds. The summed E-state index contributed by atoms with van der Waals surface area (Å²) in [5.74, 6) is -0.0357. The topological polar surface area (TPSA) is 67.4 Å². The number of ether oxygens (including phenoxy) is 1. The molecule has 0 spiro atoms. The van der Waals surface area contributed by atoms with E-state index in [4.69, 9.17) is 4.74 Å². The van der Waals surface area contributed by atoms with Crippen LogP contribution in [0.3, 0.4) is 0 Å². The molecule has 1 atom stereocenters. The van der Waals surface area contributed by atoms with Crippen LogP contribution in [0.5, 0.6) is 5.75 Å². The van der Waals surface area contributed by atoms with E-state index in [-0.39, 0.29) is 18.4 Å². The lowest BCUT2D eigenvalue weighted by Crippen LogP contribution is -2.47. The molecule has 0 bridgehead atoms. The summed E-state index contributed by atoms with van der Waals surface area (Å²) < 4.78 is 5.56. The van der Waals surface area contributed by atoms with E-state index in [1.807, 2.05) is 91.0 Å². The monoisotopic (exact) mass is 464 g/mol. The van der Waals surface area contributed by atoms with Gasteiger partial charge in [0.05, 0.1) is 0 Å². The fourth-order valence-electron chi connectivity index (χ4n) is 3.79. The zero-order chi connectivity index (χ0) is 24.3. The van der Waals surface area contributed by atoms with Gasteiger partial charge >= 0.3 is 0 Å². The molecule has 0 aliphatic carbocycles. The van der Waals surface area contributed by atoms with Crippen molar-refractivity contribution >= 4 is 17.5 Å². The average Bonchev–Trinajstić information content (AvgIpc) is 2.90. The number of hydrogen-bond acceptors (Lipinski definition) is 3. The Morgan fingerprint density at radius 1 is 0.686 bits per heavy atom. The molecule has 4 rings (SSSR count). The summed E-state index contributed by atoms with van der Waals surface area (Å²) in [6.07, 6.45) is 1.06. The van der Waals surface area contributed by atoms with Crippen molar-refractivity contribution in [3.8, 4) is 5.75 Å². The summed E-state index contributed by atoms with van der Waals surface area (Å²) in [4.78, 5) is 26.0. The maximum Gasteiger partial charge on any atom is 0.258 e. The van der Waals surface area contributed by atoms with Crippen LogP contribution in [0.2, 0.25) is 0 Å². The van der Waals surface area contributed by atoms with Gasteiger partial charge in [0.2, 0.25) is 5.91 Å². The van der Waals surface area contributed by atoms with Crippen molar-refractivity contribution in [1.29, 1.82) is 0 Å². The maximum absolute atomic E-state index is 13.4. The molecule has 0 heterocycles. The lowest BCUT2D eigenvalue weighted by Gasteiger charge is -2.20. The zero-order valence-electron chi connectivity index (χ0n) is 19.4. The molecule has 0 saturated heterocycles. The Bertz CT molecular complexity index is 1230. The lowest BCUT2D eigenvalue weighted by atomic mass is 10.0. The molecule has 5 heteroatoms. The van der Waals surface area contributed by atoms with Gasteiger partial charge in [-0.05, 0) is 41.3 Å². The first kappa shape index (κ1) is 23.8. The first-order chi connectivity index (χ1) is 17.2. The Morgan fingerprint density at radius 3 is 1.94 bits per heavy atom. The van der Waals surface area contributed by atoms with Gasteiger partial charge in [-0.3, -0.25) is 9.59 Å². The minimum atomic E-state index is -0.756. The van der Waals surface area contributed by atoms with Crippen LogP contribution in [0.25, 0.3) is 0 Å². The Kier molecular flexibility index (Phi) is 8.28. The van der Waals surface area contributed by atoms with Crippen molar-refractivity contribution in [3.63, 3.8) is 0 Å². The van der Waals surface area contributed by atoms with Gasteiger partial charge in [-0.1, -0.05) is 97.1 Å². The van der Waals surface area contributed by atoms with Crippen LogP contribution in [0.4, 0.5) is 5.69 Å². The molecule has 4 aromatic carbocycles. The molecule has 5 nitrogen and oxygen atoms in total. The number of rotatable bonds is 10. The third-order valence-corrected chi connectivity index (χ3v) is 5.56. The summed E-state index contributed by atoms with van der Waals surface area (Å²) in [6, 6.07) is 35.8. The Hall–Kier alpha value is -4.38. The van der Waals surface area contributed by atoms with Crippen molar-refractivity contribution in [3.05, 3.63) is 132 Å². The van der Waals surface area contributed by atoms with Crippen molar-refractivity contribution in [1.82, 2.24) is 5.32 Å². The van der Waals surface area contributed by atoms with Crippen LogP contribution in [0.15, 0.2) is 115 Å². The summed E-state index contributed by atoms with van der Waals surface area (Å²) in [7, 11) is 0. The number of carbonyl (C=O) groups is 2. The fraction of sp³-hybridized carbons (Fsp3) is 0.133. The number of benzene rings is 4. The van der Waals surface area contributed by atoms with Gasteiger partial charge in [0, 0.05) is 12.1 Å². The van der Waals surface area contributed by atoms with E-state index < -0.39 is 6.04 Å². The second-order valence-electron chi connectivity index (χ2n) is 8.22. The number of hydrogen-bond donors (Lipinski definition) is 2. The van der Waals surface area contributed by atoms with E-state index >= 15 is 0 Å². The van der Waals surface area contributed by atoms with E-state index in [0.29, 0.717) is 18.6 Å². The van der Waals surface area contributed by atoms with Crippen LogP contribution in [0.1, 0.15) is 16.7 Å². The normalized spacial score (nSPS) is 11.3. The molecule has 4 aromatic rings. The second kappa shape index (κ2) is 12.2. The third-order valence-electron chi connectivity index (χ3n) is 5.56. The predicted molar refractivity (Wildman–Crippen MR) is 138 cm³/mol. The lowest BCUT2D eigenvalue weighted by molar-refractivity contribution is -0.127. The average molecular weight is 465 g/mol. The zero-order valence-corrected chi connectivity index (χ0v) is 19.4. The highest BCUT2D eigenvalue weighted by Crippen LogP contribution is 2.20. The Morgan fingerprint density at radius 2 is 1.26 bits per heavy atom. The number of para-hydroxylation sites is 2. The molecule has 0 aliphatic rings. The first-order valence-electron chi connectivity index (χ1n) is 11.6. The Balaban J connectivity index is 1.47. The van der Waals surface area contributed by atoms with Gasteiger partial charge in [0.15, 0.2) is 6.61 Å². The third kappa shape index (κ3) is 7.30. The molecule has 0 aliphatic heterocycles. The molecular formula is C30H28N2O3. The molecule has 2 N–H and O–H groups in total. The van der Waals surface area contributed by atoms with Crippen LogP contribution in [0, 0.1) is 0 Å². The highest BCUT2D eigenvalue weighted by molar-refractivity contribution is 5.98. The molecular weight excluding hydrogens is 436 g/mol. The number of nitrogens with one attached hydrogen (secondary N) is 2. The van der Waals surface area contributed by atoms with E-state index in [1.165, 1.54) is 0 Å². The number of carbonyl (C=O) groups excluding carboxylic acids is 2. The van der Waals surface area contributed by atoms with Gasteiger partial charge in [-0.15, -0.1) is 0 Å². The minimum absolute atomic E-state index is 0.173. The van der Waals surface area contributed by atoms with E-state index in [9.17, 15) is 9.59 Å². The highest BCUT2D eigenvalue weighted by Gasteiger charge is 2.22. The SMILES string of the molecule is O=C(COc1ccccc1)NC(Cc1ccccc1)C(=O)Nc1ccccc1Cc1ccccc1. The van der Waals surface area contributed by atoms with Gasteiger partial charge in [0.25, 0.3) is 5.91 Å². The highest BCUT2D eigenvalue weighted by atomic mass is 16.5. The predicted octanol–water partition coefficient (Wildman–Crippen LogP) is 5.02. The van der Waals surface area contributed by atoms with Crippen LogP contribution in [-0.4, -0.2) is 24.5 Å². The van der Waals surface area contributed by atoms with Crippen molar-refractivity contribution in [2.24, 2.45) is 0 Å². The first-order valence-corrected chi connectivity index (χ1v) is 11.6. The number of amides is 2. The van der Waals surface area contributed by atoms with Gasteiger partial charge in [0.1, 0.15) is 11.8 Å². The minimum Gasteiger partial charge on any atom is -0.484 e. The van der Waals surface area contributed by atoms with Crippen LogP contribution >= 0.6 is 0 Å². The van der Waals surface area contributed by atoms with Gasteiger partial charge in [-0.2, -0.15) is 0 Å².